The Morgan fingerprint density at radius 3 is 2.56 bits per heavy atom. The molecule has 0 aliphatic carbocycles. The van der Waals surface area contributed by atoms with Crippen LogP contribution in [-0.2, 0) is 4.79 Å². The van der Waals surface area contributed by atoms with E-state index in [2.05, 4.69) is 10.3 Å². The number of rotatable bonds is 6. The number of methoxy groups -OCH3 is 1. The van der Waals surface area contributed by atoms with Crippen LogP contribution >= 0.6 is 11.8 Å². The molecule has 1 N–H and O–H groups in total. The molecule has 6 heteroatoms. The Kier molecular flexibility index (Phi) is 5.40. The zero-order valence-electron chi connectivity index (χ0n) is 14.0. The molecule has 5 nitrogen and oxygen atoms in total. The number of hydrogen-bond acceptors (Lipinski definition) is 4. The van der Waals surface area contributed by atoms with Crippen LogP contribution in [0.4, 0.5) is 5.69 Å². The Labute approximate surface area is 151 Å². The van der Waals surface area contributed by atoms with Crippen LogP contribution in [0.2, 0.25) is 0 Å². The lowest BCUT2D eigenvalue weighted by atomic mass is 10.3. The van der Waals surface area contributed by atoms with Crippen molar-refractivity contribution in [3.8, 4) is 11.4 Å². The Bertz CT molecular complexity index is 831. The molecule has 0 aliphatic rings. The maximum atomic E-state index is 12.4. The minimum Gasteiger partial charge on any atom is -0.497 e. The van der Waals surface area contributed by atoms with Crippen molar-refractivity contribution in [1.82, 2.24) is 9.55 Å². The van der Waals surface area contributed by atoms with Gasteiger partial charge in [0, 0.05) is 23.8 Å². The van der Waals surface area contributed by atoms with Gasteiger partial charge in [0.25, 0.3) is 0 Å². The van der Waals surface area contributed by atoms with E-state index in [1.54, 1.807) is 13.3 Å². The van der Waals surface area contributed by atoms with Crippen LogP contribution in [0, 0.1) is 0 Å². The first-order valence-electron chi connectivity index (χ1n) is 7.87. The number of amides is 1. The zero-order valence-corrected chi connectivity index (χ0v) is 14.9. The third kappa shape index (κ3) is 4.22. The Morgan fingerprint density at radius 2 is 1.88 bits per heavy atom. The molecule has 0 radical (unpaired) electrons. The van der Waals surface area contributed by atoms with Crippen molar-refractivity contribution in [2.75, 3.05) is 12.4 Å². The first kappa shape index (κ1) is 17.1. The molecule has 1 heterocycles. The second kappa shape index (κ2) is 7.90. The summed E-state index contributed by atoms with van der Waals surface area (Å²) in [4.78, 5) is 16.8. The SMILES string of the molecule is COc1ccc(NC(=O)[C@H](C)Sc2nccn2-c2ccccc2)cc1. The topological polar surface area (TPSA) is 56.1 Å². The molecule has 0 saturated heterocycles. The molecule has 0 unspecified atom stereocenters. The van der Waals surface area contributed by atoms with Gasteiger partial charge < -0.3 is 10.1 Å². The molecule has 1 amide bonds. The van der Waals surface area contributed by atoms with Crippen molar-refractivity contribution >= 4 is 23.4 Å². The number of aromatic nitrogens is 2. The molecule has 3 aromatic rings. The number of carbonyl (C=O) groups is 1. The van der Waals surface area contributed by atoms with Crippen molar-refractivity contribution in [2.24, 2.45) is 0 Å². The van der Waals surface area contributed by atoms with E-state index in [4.69, 9.17) is 4.74 Å². The minimum absolute atomic E-state index is 0.0715. The quantitative estimate of drug-likeness (QED) is 0.681. The van der Waals surface area contributed by atoms with Gasteiger partial charge in [-0.25, -0.2) is 4.98 Å². The standard InChI is InChI=1S/C19H19N3O2S/c1-14(18(23)21-15-8-10-17(24-2)11-9-15)25-19-20-12-13-22(19)16-6-4-3-5-7-16/h3-14H,1-2H3,(H,21,23)/t14-/m0/s1. The summed E-state index contributed by atoms with van der Waals surface area (Å²) in [7, 11) is 1.61. The number of thioether (sulfide) groups is 1. The number of ether oxygens (including phenoxy) is 1. The molecule has 25 heavy (non-hydrogen) atoms. The molecule has 0 spiro atoms. The smallest absolute Gasteiger partial charge is 0.237 e. The van der Waals surface area contributed by atoms with Gasteiger partial charge in [-0.3, -0.25) is 9.36 Å². The largest absolute Gasteiger partial charge is 0.497 e. The molecule has 128 valence electrons. The molecule has 0 bridgehead atoms. The van der Waals surface area contributed by atoms with Gasteiger partial charge in [0.15, 0.2) is 5.16 Å². The van der Waals surface area contributed by atoms with E-state index in [1.165, 1.54) is 11.8 Å². The summed E-state index contributed by atoms with van der Waals surface area (Å²) in [6, 6.07) is 17.2. The van der Waals surface area contributed by atoms with E-state index in [-0.39, 0.29) is 11.2 Å². The summed E-state index contributed by atoms with van der Waals surface area (Å²) < 4.78 is 7.09. The Balaban J connectivity index is 1.67. The molecule has 0 aliphatic heterocycles. The molecular formula is C19H19N3O2S. The number of hydrogen-bond donors (Lipinski definition) is 1. The maximum Gasteiger partial charge on any atom is 0.237 e. The van der Waals surface area contributed by atoms with Gasteiger partial charge in [-0.2, -0.15) is 0 Å². The molecule has 0 saturated carbocycles. The third-order valence-electron chi connectivity index (χ3n) is 3.65. The van der Waals surface area contributed by atoms with Crippen LogP contribution in [0.1, 0.15) is 6.92 Å². The van der Waals surface area contributed by atoms with Crippen LogP contribution in [0.5, 0.6) is 5.75 Å². The van der Waals surface area contributed by atoms with Crippen molar-refractivity contribution in [3.63, 3.8) is 0 Å². The van der Waals surface area contributed by atoms with E-state index in [1.807, 2.05) is 72.3 Å². The average molecular weight is 353 g/mol. The van der Waals surface area contributed by atoms with Crippen LogP contribution in [0.15, 0.2) is 72.1 Å². The molecule has 1 aromatic heterocycles. The van der Waals surface area contributed by atoms with Crippen LogP contribution in [0.25, 0.3) is 5.69 Å². The fraction of sp³-hybridized carbons (Fsp3) is 0.158. The first-order valence-corrected chi connectivity index (χ1v) is 8.75. The monoisotopic (exact) mass is 353 g/mol. The average Bonchev–Trinajstić information content (AvgIpc) is 3.11. The van der Waals surface area contributed by atoms with Gasteiger partial charge in [-0.15, -0.1) is 0 Å². The molecule has 2 aromatic carbocycles. The van der Waals surface area contributed by atoms with E-state index in [9.17, 15) is 4.79 Å². The number of carbonyl (C=O) groups excluding carboxylic acids is 1. The van der Waals surface area contributed by atoms with Gasteiger partial charge in [0.2, 0.25) is 5.91 Å². The number of para-hydroxylation sites is 1. The highest BCUT2D eigenvalue weighted by Crippen LogP contribution is 2.25. The van der Waals surface area contributed by atoms with Crippen molar-refractivity contribution in [1.29, 1.82) is 0 Å². The lowest BCUT2D eigenvalue weighted by molar-refractivity contribution is -0.115. The van der Waals surface area contributed by atoms with Gasteiger partial charge in [0.1, 0.15) is 5.75 Å². The predicted molar refractivity (Wildman–Crippen MR) is 101 cm³/mol. The fourth-order valence-electron chi connectivity index (χ4n) is 2.29. The summed E-state index contributed by atoms with van der Waals surface area (Å²) in [5.74, 6) is 0.683. The number of nitrogens with zero attached hydrogens (tertiary/aromatic N) is 2. The highest BCUT2D eigenvalue weighted by Gasteiger charge is 2.18. The highest BCUT2D eigenvalue weighted by atomic mass is 32.2. The van der Waals surface area contributed by atoms with E-state index in [0.29, 0.717) is 0 Å². The second-order valence-corrected chi connectivity index (χ2v) is 6.70. The summed E-state index contributed by atoms with van der Waals surface area (Å²) in [6.07, 6.45) is 3.63. The van der Waals surface area contributed by atoms with E-state index < -0.39 is 0 Å². The Hall–Kier alpha value is -2.73. The van der Waals surface area contributed by atoms with Crippen LogP contribution in [-0.4, -0.2) is 27.8 Å². The number of anilines is 1. The highest BCUT2D eigenvalue weighted by molar-refractivity contribution is 8.00. The van der Waals surface area contributed by atoms with Crippen LogP contribution < -0.4 is 10.1 Å². The maximum absolute atomic E-state index is 12.4. The zero-order chi connectivity index (χ0) is 17.6. The first-order chi connectivity index (χ1) is 12.2. The van der Waals surface area contributed by atoms with Gasteiger partial charge >= 0.3 is 0 Å². The summed E-state index contributed by atoms with van der Waals surface area (Å²) >= 11 is 1.42. The van der Waals surface area contributed by atoms with Gasteiger partial charge in [-0.1, -0.05) is 30.0 Å². The Morgan fingerprint density at radius 1 is 1.16 bits per heavy atom. The lowest BCUT2D eigenvalue weighted by Gasteiger charge is -2.13. The van der Waals surface area contributed by atoms with Gasteiger partial charge in [0.05, 0.1) is 12.4 Å². The van der Waals surface area contributed by atoms with E-state index >= 15 is 0 Å². The summed E-state index contributed by atoms with van der Waals surface area (Å²) in [5, 5.41) is 3.41. The third-order valence-corrected chi connectivity index (χ3v) is 4.73. The van der Waals surface area contributed by atoms with Gasteiger partial charge in [-0.05, 0) is 43.3 Å². The van der Waals surface area contributed by atoms with Crippen molar-refractivity contribution in [3.05, 3.63) is 67.0 Å². The van der Waals surface area contributed by atoms with Crippen molar-refractivity contribution < 1.29 is 9.53 Å². The number of benzene rings is 2. The number of nitrogens with one attached hydrogen (secondary N) is 1. The van der Waals surface area contributed by atoms with Crippen molar-refractivity contribution in [2.45, 2.75) is 17.3 Å². The molecule has 0 fully saturated rings. The summed E-state index contributed by atoms with van der Waals surface area (Å²) in [6.45, 7) is 1.87. The second-order valence-electron chi connectivity index (χ2n) is 5.39. The predicted octanol–water partition coefficient (Wildman–Crippen LogP) is 4.00. The minimum atomic E-state index is -0.285. The molecule has 1 atom stereocenters. The fourth-order valence-corrected chi connectivity index (χ4v) is 3.18. The molecule has 3 rings (SSSR count). The number of imidazole rings is 1. The van der Waals surface area contributed by atoms with E-state index in [0.717, 1.165) is 22.3 Å². The summed E-state index contributed by atoms with van der Waals surface area (Å²) in [5.41, 5.74) is 1.76. The molecular weight excluding hydrogens is 334 g/mol. The lowest BCUT2D eigenvalue weighted by Crippen LogP contribution is -2.22. The van der Waals surface area contributed by atoms with Crippen LogP contribution in [0.3, 0.4) is 0 Å². The normalized spacial score (nSPS) is 11.8.